The summed E-state index contributed by atoms with van der Waals surface area (Å²) < 4.78 is 3.78. The normalized spacial score (nSPS) is 10.9. The van der Waals surface area contributed by atoms with Crippen molar-refractivity contribution in [3.63, 3.8) is 0 Å². The summed E-state index contributed by atoms with van der Waals surface area (Å²) in [5, 5.41) is 9.16. The Hall–Kier alpha value is -2.50. The Bertz CT molecular complexity index is 681. The number of hydrogen-bond acceptors (Lipinski definition) is 4. The summed E-state index contributed by atoms with van der Waals surface area (Å²) >= 11 is 0. The third-order valence-corrected chi connectivity index (χ3v) is 2.66. The van der Waals surface area contributed by atoms with Crippen molar-refractivity contribution in [2.45, 2.75) is 13.1 Å². The molecule has 0 amide bonds. The van der Waals surface area contributed by atoms with Gasteiger partial charge in [0.2, 0.25) is 0 Å². The molecular formula is C12H12N6. The van der Waals surface area contributed by atoms with Crippen LogP contribution in [0.5, 0.6) is 0 Å². The van der Waals surface area contributed by atoms with Crippen LogP contribution in [0.25, 0.3) is 11.0 Å². The summed E-state index contributed by atoms with van der Waals surface area (Å²) in [5.41, 5.74) is 1.80. The summed E-state index contributed by atoms with van der Waals surface area (Å²) in [5.74, 6) is 0. The first kappa shape index (κ1) is 10.6. The second kappa shape index (κ2) is 4.40. The van der Waals surface area contributed by atoms with Gasteiger partial charge in [-0.1, -0.05) is 11.3 Å². The molecule has 18 heavy (non-hydrogen) atoms. The molecule has 0 atom stereocenters. The molecule has 0 saturated carbocycles. The van der Waals surface area contributed by atoms with E-state index in [0.717, 1.165) is 16.7 Å². The van der Waals surface area contributed by atoms with Crippen LogP contribution in [-0.4, -0.2) is 29.5 Å². The Balaban J connectivity index is 1.89. The van der Waals surface area contributed by atoms with Crippen LogP contribution in [0, 0.1) is 0 Å². The zero-order valence-electron chi connectivity index (χ0n) is 9.77. The third kappa shape index (κ3) is 1.88. The molecule has 6 heteroatoms. The minimum atomic E-state index is 0.650. The van der Waals surface area contributed by atoms with E-state index in [9.17, 15) is 0 Å². The van der Waals surface area contributed by atoms with Gasteiger partial charge in [-0.05, 0) is 6.07 Å². The highest BCUT2D eigenvalue weighted by molar-refractivity contribution is 5.74. The number of fused-ring (bicyclic) bond motifs is 1. The molecule has 3 aromatic heterocycles. The van der Waals surface area contributed by atoms with E-state index in [1.165, 1.54) is 0 Å². The summed E-state index contributed by atoms with van der Waals surface area (Å²) in [6.07, 6.45) is 9.03. The van der Waals surface area contributed by atoms with E-state index in [1.54, 1.807) is 23.3 Å². The van der Waals surface area contributed by atoms with Crippen molar-refractivity contribution in [3.8, 4) is 0 Å². The van der Waals surface area contributed by atoms with Crippen molar-refractivity contribution in [1.82, 2.24) is 29.5 Å². The molecule has 0 aliphatic carbocycles. The first-order valence-corrected chi connectivity index (χ1v) is 5.61. The number of nitrogens with zero attached hydrogens (tertiary/aromatic N) is 6. The molecule has 0 saturated heterocycles. The van der Waals surface area contributed by atoms with Gasteiger partial charge >= 0.3 is 0 Å². The predicted molar refractivity (Wildman–Crippen MR) is 66.8 cm³/mol. The standard InChI is InChI=1S/C12H12N6/c1-2-4-18-8-11(15-16-18)7-17-5-3-10-6-13-9-14-12(10)17/h2-3,5-6,8-9H,1,4,7H2. The molecule has 3 heterocycles. The number of allylic oxidation sites excluding steroid dienone is 1. The fourth-order valence-electron chi connectivity index (χ4n) is 1.87. The highest BCUT2D eigenvalue weighted by Crippen LogP contribution is 2.12. The number of hydrogen-bond donors (Lipinski definition) is 0. The molecule has 6 nitrogen and oxygen atoms in total. The van der Waals surface area contributed by atoms with E-state index < -0.39 is 0 Å². The van der Waals surface area contributed by atoms with Gasteiger partial charge in [0.25, 0.3) is 0 Å². The Morgan fingerprint density at radius 3 is 3.22 bits per heavy atom. The molecule has 0 aliphatic heterocycles. The van der Waals surface area contributed by atoms with Crippen molar-refractivity contribution in [3.05, 3.63) is 49.3 Å². The van der Waals surface area contributed by atoms with Crippen molar-refractivity contribution in [1.29, 1.82) is 0 Å². The lowest BCUT2D eigenvalue weighted by molar-refractivity contribution is 0.661. The topological polar surface area (TPSA) is 61.4 Å². The van der Waals surface area contributed by atoms with Gasteiger partial charge in [-0.25, -0.2) is 14.6 Å². The smallest absolute Gasteiger partial charge is 0.143 e. The molecular weight excluding hydrogens is 228 g/mol. The Kier molecular flexibility index (Phi) is 2.60. The number of rotatable bonds is 4. The maximum absolute atomic E-state index is 4.26. The average molecular weight is 240 g/mol. The van der Waals surface area contributed by atoms with Gasteiger partial charge in [-0.3, -0.25) is 0 Å². The molecule has 0 N–H and O–H groups in total. The monoisotopic (exact) mass is 240 g/mol. The highest BCUT2D eigenvalue weighted by atomic mass is 15.4. The Morgan fingerprint density at radius 2 is 2.33 bits per heavy atom. The molecule has 0 radical (unpaired) electrons. The lowest BCUT2D eigenvalue weighted by Crippen LogP contribution is -1.99. The lowest BCUT2D eigenvalue weighted by Gasteiger charge is -2.00. The van der Waals surface area contributed by atoms with E-state index in [4.69, 9.17) is 0 Å². The zero-order valence-corrected chi connectivity index (χ0v) is 9.77. The summed E-state index contributed by atoms with van der Waals surface area (Å²) in [7, 11) is 0. The van der Waals surface area contributed by atoms with E-state index in [-0.39, 0.29) is 0 Å². The van der Waals surface area contributed by atoms with Gasteiger partial charge in [-0.15, -0.1) is 11.7 Å². The van der Waals surface area contributed by atoms with Crippen LogP contribution in [0.1, 0.15) is 5.69 Å². The molecule has 0 unspecified atom stereocenters. The second-order valence-electron chi connectivity index (χ2n) is 3.97. The minimum Gasteiger partial charge on any atom is -0.326 e. The molecule has 0 aromatic carbocycles. The van der Waals surface area contributed by atoms with Gasteiger partial charge in [0.1, 0.15) is 17.7 Å². The van der Waals surface area contributed by atoms with E-state index >= 15 is 0 Å². The van der Waals surface area contributed by atoms with Crippen molar-refractivity contribution < 1.29 is 0 Å². The maximum Gasteiger partial charge on any atom is 0.143 e. The fourth-order valence-corrected chi connectivity index (χ4v) is 1.87. The minimum absolute atomic E-state index is 0.650. The fraction of sp³-hybridized carbons (Fsp3) is 0.167. The van der Waals surface area contributed by atoms with Crippen LogP contribution >= 0.6 is 0 Å². The maximum atomic E-state index is 4.26. The van der Waals surface area contributed by atoms with Gasteiger partial charge in [0.05, 0.1) is 19.3 Å². The van der Waals surface area contributed by atoms with Crippen molar-refractivity contribution in [2.75, 3.05) is 0 Å². The van der Waals surface area contributed by atoms with Gasteiger partial charge in [-0.2, -0.15) is 0 Å². The van der Waals surface area contributed by atoms with Crippen LogP contribution < -0.4 is 0 Å². The highest BCUT2D eigenvalue weighted by Gasteiger charge is 2.05. The molecule has 0 bridgehead atoms. The van der Waals surface area contributed by atoms with Crippen LogP contribution in [0.15, 0.2) is 43.6 Å². The van der Waals surface area contributed by atoms with E-state index in [2.05, 4.69) is 26.9 Å². The molecule has 3 aromatic rings. The number of aromatic nitrogens is 6. The Morgan fingerprint density at radius 1 is 1.39 bits per heavy atom. The van der Waals surface area contributed by atoms with E-state index in [0.29, 0.717) is 13.1 Å². The van der Waals surface area contributed by atoms with Crippen LogP contribution in [-0.2, 0) is 13.1 Å². The van der Waals surface area contributed by atoms with Gasteiger partial charge < -0.3 is 4.57 Å². The summed E-state index contributed by atoms with van der Waals surface area (Å²) in [6, 6.07) is 1.99. The van der Waals surface area contributed by atoms with Crippen LogP contribution in [0.4, 0.5) is 0 Å². The van der Waals surface area contributed by atoms with Crippen LogP contribution in [0.2, 0.25) is 0 Å². The van der Waals surface area contributed by atoms with Gasteiger partial charge in [0, 0.05) is 17.8 Å². The Labute approximate surface area is 104 Å². The zero-order chi connectivity index (χ0) is 12.4. The lowest BCUT2D eigenvalue weighted by atomic mass is 10.4. The first-order valence-electron chi connectivity index (χ1n) is 5.61. The van der Waals surface area contributed by atoms with Crippen molar-refractivity contribution in [2.24, 2.45) is 0 Å². The summed E-state index contributed by atoms with van der Waals surface area (Å²) in [4.78, 5) is 8.26. The van der Waals surface area contributed by atoms with Crippen LogP contribution in [0.3, 0.4) is 0 Å². The van der Waals surface area contributed by atoms with Crippen molar-refractivity contribution >= 4 is 11.0 Å². The third-order valence-electron chi connectivity index (χ3n) is 2.66. The predicted octanol–water partition coefficient (Wildman–Crippen LogP) is 1.26. The second-order valence-corrected chi connectivity index (χ2v) is 3.97. The molecule has 3 rings (SSSR count). The van der Waals surface area contributed by atoms with E-state index in [1.807, 2.05) is 23.0 Å². The molecule has 0 spiro atoms. The SMILES string of the molecule is C=CCn1cc(Cn2ccc3cncnc32)nn1. The molecule has 0 fully saturated rings. The molecule has 0 aliphatic rings. The molecule has 90 valence electrons. The van der Waals surface area contributed by atoms with Gasteiger partial charge in [0.15, 0.2) is 0 Å². The first-order chi connectivity index (χ1) is 8.86. The quantitative estimate of drug-likeness (QED) is 0.644. The largest absolute Gasteiger partial charge is 0.326 e. The summed E-state index contributed by atoms with van der Waals surface area (Å²) in [6.45, 7) is 4.99. The average Bonchev–Trinajstić information content (AvgIpc) is 2.99.